The van der Waals surface area contributed by atoms with E-state index in [-0.39, 0.29) is 16.8 Å². The summed E-state index contributed by atoms with van der Waals surface area (Å²) in [4.78, 5) is 20.9. The number of carboxylic acids is 1. The summed E-state index contributed by atoms with van der Waals surface area (Å²) in [5.41, 5.74) is -0.532. The molecule has 0 aliphatic rings. The molecule has 6 heteroatoms. The standard InChI is InChI=1S/C10H6BrNO4/c11-6-2-4-7-8(10(13)14)3-1-5-9(7)12(15)16/h1,3,5H,6H2,(H,13,14). The summed E-state index contributed by atoms with van der Waals surface area (Å²) >= 11 is 3.04. The van der Waals surface area contributed by atoms with E-state index < -0.39 is 10.9 Å². The van der Waals surface area contributed by atoms with Gasteiger partial charge in [-0.15, -0.1) is 0 Å². The van der Waals surface area contributed by atoms with Gasteiger partial charge in [0.05, 0.1) is 15.8 Å². The number of carboxylic acid groups (broad SMARTS) is 1. The number of hydrogen-bond donors (Lipinski definition) is 1. The fourth-order valence-electron chi connectivity index (χ4n) is 1.12. The van der Waals surface area contributed by atoms with Crippen LogP contribution in [0.5, 0.6) is 0 Å². The first kappa shape index (κ1) is 12.2. The lowest BCUT2D eigenvalue weighted by Gasteiger charge is -1.99. The summed E-state index contributed by atoms with van der Waals surface area (Å²) in [6, 6.07) is 3.83. The third kappa shape index (κ3) is 2.58. The lowest BCUT2D eigenvalue weighted by Crippen LogP contribution is -2.03. The second-order valence-corrected chi connectivity index (χ2v) is 3.26. The molecule has 0 radical (unpaired) electrons. The van der Waals surface area contributed by atoms with E-state index in [1.54, 1.807) is 0 Å². The average molecular weight is 284 g/mol. The Morgan fingerprint density at radius 2 is 2.25 bits per heavy atom. The number of alkyl halides is 1. The molecule has 0 bridgehead atoms. The summed E-state index contributed by atoms with van der Waals surface area (Å²) in [5, 5.41) is 19.9. The van der Waals surface area contributed by atoms with Gasteiger partial charge in [-0.25, -0.2) is 4.79 Å². The number of aromatic carboxylic acids is 1. The van der Waals surface area contributed by atoms with Crippen LogP contribution in [0, 0.1) is 22.0 Å². The summed E-state index contributed by atoms with van der Waals surface area (Å²) in [7, 11) is 0. The van der Waals surface area contributed by atoms with Crippen LogP contribution in [0.1, 0.15) is 15.9 Å². The van der Waals surface area contributed by atoms with Crippen molar-refractivity contribution in [3.8, 4) is 11.8 Å². The molecule has 0 amide bonds. The smallest absolute Gasteiger partial charge is 0.337 e. The summed E-state index contributed by atoms with van der Waals surface area (Å²) in [6.07, 6.45) is 0. The summed E-state index contributed by atoms with van der Waals surface area (Å²) in [5.74, 6) is 3.80. The van der Waals surface area contributed by atoms with Crippen LogP contribution in [0.2, 0.25) is 0 Å². The zero-order valence-electron chi connectivity index (χ0n) is 7.94. The maximum atomic E-state index is 10.9. The number of nitrogens with zero attached hydrogens (tertiary/aromatic N) is 1. The molecule has 0 aliphatic heterocycles. The van der Waals surface area contributed by atoms with E-state index in [9.17, 15) is 14.9 Å². The minimum atomic E-state index is -1.23. The number of benzene rings is 1. The van der Waals surface area contributed by atoms with Crippen LogP contribution in [-0.4, -0.2) is 21.3 Å². The van der Waals surface area contributed by atoms with Crippen LogP contribution in [-0.2, 0) is 0 Å². The fourth-order valence-corrected chi connectivity index (χ4v) is 1.26. The number of hydrogen-bond acceptors (Lipinski definition) is 3. The first-order valence-electron chi connectivity index (χ1n) is 4.13. The van der Waals surface area contributed by atoms with Crippen molar-refractivity contribution in [3.63, 3.8) is 0 Å². The van der Waals surface area contributed by atoms with Gasteiger partial charge in [-0.2, -0.15) is 0 Å². The predicted molar refractivity (Wildman–Crippen MR) is 60.7 cm³/mol. The molecule has 1 N–H and O–H groups in total. The van der Waals surface area contributed by atoms with Gasteiger partial charge >= 0.3 is 5.97 Å². The average Bonchev–Trinajstić information content (AvgIpc) is 2.25. The van der Waals surface area contributed by atoms with Crippen molar-refractivity contribution in [2.24, 2.45) is 0 Å². The first-order chi connectivity index (χ1) is 7.57. The Morgan fingerprint density at radius 1 is 1.56 bits per heavy atom. The van der Waals surface area contributed by atoms with Gasteiger partial charge in [0, 0.05) is 6.07 Å². The Kier molecular flexibility index (Phi) is 4.03. The molecule has 82 valence electrons. The normalized spacial score (nSPS) is 9.06. The van der Waals surface area contributed by atoms with Crippen LogP contribution in [0.25, 0.3) is 0 Å². The lowest BCUT2D eigenvalue weighted by molar-refractivity contribution is -0.385. The Bertz CT molecular complexity index is 469. The van der Waals surface area contributed by atoms with Crippen LogP contribution >= 0.6 is 15.9 Å². The highest BCUT2D eigenvalue weighted by atomic mass is 79.9. The van der Waals surface area contributed by atoms with Gasteiger partial charge < -0.3 is 5.11 Å². The van der Waals surface area contributed by atoms with E-state index in [2.05, 4.69) is 27.8 Å². The lowest BCUT2D eigenvalue weighted by atomic mass is 10.1. The van der Waals surface area contributed by atoms with Crippen molar-refractivity contribution in [1.29, 1.82) is 0 Å². The zero-order valence-corrected chi connectivity index (χ0v) is 9.52. The molecule has 0 aliphatic carbocycles. The third-order valence-corrected chi connectivity index (χ3v) is 2.03. The molecule has 0 saturated carbocycles. The molecular weight excluding hydrogens is 278 g/mol. The van der Waals surface area contributed by atoms with Crippen molar-refractivity contribution in [1.82, 2.24) is 0 Å². The second kappa shape index (κ2) is 5.28. The molecule has 0 fully saturated rings. The molecule has 0 aromatic heterocycles. The highest BCUT2D eigenvalue weighted by Gasteiger charge is 2.19. The van der Waals surface area contributed by atoms with Gasteiger partial charge in [0.15, 0.2) is 0 Å². The van der Waals surface area contributed by atoms with Crippen molar-refractivity contribution in [2.75, 3.05) is 5.33 Å². The van der Waals surface area contributed by atoms with Crippen molar-refractivity contribution >= 4 is 27.6 Å². The topological polar surface area (TPSA) is 80.4 Å². The highest BCUT2D eigenvalue weighted by molar-refractivity contribution is 9.09. The summed E-state index contributed by atoms with van der Waals surface area (Å²) < 4.78 is 0. The fraction of sp³-hybridized carbons (Fsp3) is 0.100. The largest absolute Gasteiger partial charge is 0.478 e. The van der Waals surface area contributed by atoms with Crippen molar-refractivity contribution < 1.29 is 14.8 Å². The highest BCUT2D eigenvalue weighted by Crippen LogP contribution is 2.21. The van der Waals surface area contributed by atoms with E-state index in [4.69, 9.17) is 5.11 Å². The maximum Gasteiger partial charge on any atom is 0.337 e. The van der Waals surface area contributed by atoms with Crippen LogP contribution in [0.3, 0.4) is 0 Å². The SMILES string of the molecule is O=C(O)c1cccc([N+](=O)[O-])c1C#CCBr. The Morgan fingerprint density at radius 3 is 2.75 bits per heavy atom. The Balaban J connectivity index is 3.46. The van der Waals surface area contributed by atoms with Crippen molar-refractivity contribution in [3.05, 3.63) is 39.4 Å². The summed E-state index contributed by atoms with van der Waals surface area (Å²) in [6.45, 7) is 0. The Hall–Kier alpha value is -1.87. The predicted octanol–water partition coefficient (Wildman–Crippen LogP) is 2.04. The second-order valence-electron chi connectivity index (χ2n) is 2.70. The van der Waals surface area contributed by atoms with E-state index >= 15 is 0 Å². The Labute approximate surface area is 99.4 Å². The van der Waals surface area contributed by atoms with E-state index in [0.29, 0.717) is 5.33 Å². The number of carbonyl (C=O) groups is 1. The molecule has 1 aromatic carbocycles. The number of nitro groups is 1. The third-order valence-electron chi connectivity index (χ3n) is 1.75. The monoisotopic (exact) mass is 283 g/mol. The zero-order chi connectivity index (χ0) is 12.1. The number of halogens is 1. The van der Waals surface area contributed by atoms with Gasteiger partial charge in [0.25, 0.3) is 5.69 Å². The molecule has 0 atom stereocenters. The van der Waals surface area contributed by atoms with Crippen LogP contribution in [0.15, 0.2) is 18.2 Å². The molecule has 16 heavy (non-hydrogen) atoms. The quantitative estimate of drug-likeness (QED) is 0.390. The van der Waals surface area contributed by atoms with Gasteiger partial charge in [-0.3, -0.25) is 10.1 Å². The molecule has 1 rings (SSSR count). The molecule has 0 saturated heterocycles. The van der Waals surface area contributed by atoms with E-state index in [1.165, 1.54) is 18.2 Å². The molecule has 5 nitrogen and oxygen atoms in total. The molecule has 0 spiro atoms. The number of nitro benzene ring substituents is 1. The maximum absolute atomic E-state index is 10.9. The molecular formula is C10H6BrNO4. The minimum absolute atomic E-state index is 0.0700. The van der Waals surface area contributed by atoms with Crippen molar-refractivity contribution in [2.45, 2.75) is 0 Å². The van der Waals surface area contributed by atoms with E-state index in [0.717, 1.165) is 0 Å². The minimum Gasteiger partial charge on any atom is -0.478 e. The van der Waals surface area contributed by atoms with Gasteiger partial charge in [-0.05, 0) is 6.07 Å². The van der Waals surface area contributed by atoms with Crippen LogP contribution in [0.4, 0.5) is 5.69 Å². The van der Waals surface area contributed by atoms with Gasteiger partial charge in [-0.1, -0.05) is 33.8 Å². The number of rotatable bonds is 2. The molecule has 0 heterocycles. The first-order valence-corrected chi connectivity index (χ1v) is 5.25. The molecule has 1 aromatic rings. The van der Waals surface area contributed by atoms with Gasteiger partial charge in [0.1, 0.15) is 5.56 Å². The molecule has 0 unspecified atom stereocenters. The van der Waals surface area contributed by atoms with E-state index in [1.807, 2.05) is 0 Å². The van der Waals surface area contributed by atoms with Crippen LogP contribution < -0.4 is 0 Å². The van der Waals surface area contributed by atoms with Gasteiger partial charge in [0.2, 0.25) is 0 Å².